The summed E-state index contributed by atoms with van der Waals surface area (Å²) in [6.45, 7) is 5.88. The molecule has 1 heterocycles. The summed E-state index contributed by atoms with van der Waals surface area (Å²) in [4.78, 5) is 26.4. The largest absolute Gasteiger partial charge is 0.388 e. The van der Waals surface area contributed by atoms with Crippen LogP contribution in [0, 0.1) is 0 Å². The third-order valence-corrected chi connectivity index (χ3v) is 4.57. The van der Waals surface area contributed by atoms with E-state index in [0.29, 0.717) is 19.5 Å². The second kappa shape index (κ2) is 8.82. The molecule has 3 N–H and O–H groups in total. The van der Waals surface area contributed by atoms with Crippen LogP contribution in [0.2, 0.25) is 0 Å². The molecule has 0 unspecified atom stereocenters. The van der Waals surface area contributed by atoms with E-state index in [1.54, 1.807) is 17.9 Å². The average molecular weight is 361 g/mol. The minimum Gasteiger partial charge on any atom is -0.388 e. The Morgan fingerprint density at radius 1 is 1.42 bits per heavy atom. The fourth-order valence-corrected chi connectivity index (χ4v) is 3.25. The predicted molar refractivity (Wildman–Crippen MR) is 98.5 cm³/mol. The molecule has 1 aliphatic rings. The van der Waals surface area contributed by atoms with Crippen molar-refractivity contribution in [1.82, 2.24) is 15.5 Å². The van der Waals surface area contributed by atoms with Gasteiger partial charge in [-0.15, -0.1) is 6.58 Å². The highest BCUT2D eigenvalue weighted by molar-refractivity contribution is 5.79. The van der Waals surface area contributed by atoms with Gasteiger partial charge in [0.05, 0.1) is 17.7 Å². The number of amides is 3. The Labute approximate surface area is 154 Å². The first-order chi connectivity index (χ1) is 12.4. The van der Waals surface area contributed by atoms with Gasteiger partial charge in [-0.1, -0.05) is 36.4 Å². The molecule has 1 aliphatic heterocycles. The Kier molecular flexibility index (Phi) is 6.76. The number of ether oxygens (including phenoxy) is 1. The predicted octanol–water partition coefficient (Wildman–Crippen LogP) is 1.21. The molecule has 0 aliphatic carbocycles. The Morgan fingerprint density at radius 3 is 2.73 bits per heavy atom. The zero-order valence-corrected chi connectivity index (χ0v) is 15.3. The number of rotatable bonds is 6. The van der Waals surface area contributed by atoms with Gasteiger partial charge >= 0.3 is 6.03 Å². The van der Waals surface area contributed by atoms with Crippen LogP contribution in [0.5, 0.6) is 0 Å². The highest BCUT2D eigenvalue weighted by Crippen LogP contribution is 2.37. The van der Waals surface area contributed by atoms with Crippen LogP contribution in [0.15, 0.2) is 43.0 Å². The zero-order chi connectivity index (χ0) is 19.2. The number of nitrogens with zero attached hydrogens (tertiary/aromatic N) is 1. The highest BCUT2D eigenvalue weighted by atomic mass is 16.5. The Bertz CT molecular complexity index is 633. The lowest BCUT2D eigenvalue weighted by atomic mass is 9.79. The summed E-state index contributed by atoms with van der Waals surface area (Å²) in [7, 11) is 1.43. The van der Waals surface area contributed by atoms with Gasteiger partial charge in [0.1, 0.15) is 6.61 Å². The molecule has 142 valence electrons. The number of carbonyl (C=O) groups excluding carboxylic acids is 2. The van der Waals surface area contributed by atoms with E-state index in [-0.39, 0.29) is 18.5 Å². The summed E-state index contributed by atoms with van der Waals surface area (Å²) in [6.07, 6.45) is 1.95. The number of hydrogen-bond acceptors (Lipinski definition) is 4. The quantitative estimate of drug-likeness (QED) is 0.664. The summed E-state index contributed by atoms with van der Waals surface area (Å²) in [5.41, 5.74) is -0.331. The van der Waals surface area contributed by atoms with E-state index in [0.717, 1.165) is 5.56 Å². The van der Waals surface area contributed by atoms with Crippen LogP contribution in [0.4, 0.5) is 4.79 Å². The van der Waals surface area contributed by atoms with Crippen molar-refractivity contribution >= 4 is 11.9 Å². The van der Waals surface area contributed by atoms with Crippen LogP contribution in [0.3, 0.4) is 0 Å². The first-order valence-electron chi connectivity index (χ1n) is 8.61. The summed E-state index contributed by atoms with van der Waals surface area (Å²) in [5, 5.41) is 16.6. The molecule has 0 radical (unpaired) electrons. The fraction of sp³-hybridized carbons (Fsp3) is 0.474. The van der Waals surface area contributed by atoms with Crippen molar-refractivity contribution < 1.29 is 19.4 Å². The minimum atomic E-state index is -1.17. The van der Waals surface area contributed by atoms with Crippen LogP contribution >= 0.6 is 0 Å². The molecule has 0 saturated carbocycles. The van der Waals surface area contributed by atoms with Crippen LogP contribution in [-0.4, -0.2) is 60.4 Å². The third kappa shape index (κ3) is 4.62. The standard InChI is InChI=1S/C19H27N3O4/c1-4-11-20-18(24)22-12-10-19(2,25)17(21-15(23)13-26-3)16(22)14-8-6-5-7-9-14/h4-9,16-17,25H,1,10-13H2,2-3H3,(H,20,24)(H,21,23)/t16-,17-,19+/m0/s1. The SMILES string of the molecule is C=CCNC(=O)N1CC[C@@](C)(O)[C@@H](NC(=O)COC)[C@@H]1c1ccccc1. The second-order valence-corrected chi connectivity index (χ2v) is 6.61. The van der Waals surface area contributed by atoms with E-state index < -0.39 is 17.7 Å². The van der Waals surface area contributed by atoms with Crippen molar-refractivity contribution in [3.05, 3.63) is 48.6 Å². The van der Waals surface area contributed by atoms with Crippen LogP contribution in [0.25, 0.3) is 0 Å². The third-order valence-electron chi connectivity index (χ3n) is 4.57. The van der Waals surface area contributed by atoms with Gasteiger partial charge in [-0.25, -0.2) is 4.79 Å². The van der Waals surface area contributed by atoms with Crippen molar-refractivity contribution in [2.24, 2.45) is 0 Å². The molecule has 1 aromatic carbocycles. The monoisotopic (exact) mass is 361 g/mol. The molecule has 7 nitrogen and oxygen atoms in total. The molecule has 1 fully saturated rings. The van der Waals surface area contributed by atoms with E-state index >= 15 is 0 Å². The summed E-state index contributed by atoms with van der Waals surface area (Å²) in [5.74, 6) is -0.341. The van der Waals surface area contributed by atoms with E-state index in [2.05, 4.69) is 17.2 Å². The molecule has 3 atom stereocenters. The molecule has 0 aromatic heterocycles. The first-order valence-corrected chi connectivity index (χ1v) is 8.61. The zero-order valence-electron chi connectivity index (χ0n) is 15.3. The lowest BCUT2D eigenvalue weighted by Crippen LogP contribution is -2.64. The van der Waals surface area contributed by atoms with Crippen molar-refractivity contribution in [1.29, 1.82) is 0 Å². The van der Waals surface area contributed by atoms with Gasteiger partial charge in [0.25, 0.3) is 0 Å². The van der Waals surface area contributed by atoms with Crippen molar-refractivity contribution in [3.63, 3.8) is 0 Å². The van der Waals surface area contributed by atoms with Crippen LogP contribution < -0.4 is 10.6 Å². The van der Waals surface area contributed by atoms with Crippen molar-refractivity contribution in [2.45, 2.75) is 31.0 Å². The van der Waals surface area contributed by atoms with Crippen molar-refractivity contribution in [3.8, 4) is 0 Å². The van der Waals surface area contributed by atoms with Gasteiger partial charge in [0.2, 0.25) is 5.91 Å². The number of benzene rings is 1. The summed E-state index contributed by atoms with van der Waals surface area (Å²) >= 11 is 0. The maximum absolute atomic E-state index is 12.7. The highest BCUT2D eigenvalue weighted by Gasteiger charge is 2.47. The lowest BCUT2D eigenvalue weighted by molar-refractivity contribution is -0.131. The maximum atomic E-state index is 12.7. The molecule has 7 heteroatoms. The number of nitrogens with one attached hydrogen (secondary N) is 2. The normalized spacial score (nSPS) is 25.4. The number of urea groups is 1. The topological polar surface area (TPSA) is 90.9 Å². The smallest absolute Gasteiger partial charge is 0.318 e. The summed E-state index contributed by atoms with van der Waals surface area (Å²) in [6, 6.07) is 7.94. The Balaban J connectivity index is 2.39. The number of carbonyl (C=O) groups is 2. The van der Waals surface area contributed by atoms with Crippen LogP contribution in [0.1, 0.15) is 24.9 Å². The average Bonchev–Trinajstić information content (AvgIpc) is 2.62. The maximum Gasteiger partial charge on any atom is 0.318 e. The van der Waals surface area contributed by atoms with Gasteiger partial charge in [-0.2, -0.15) is 0 Å². The minimum absolute atomic E-state index is 0.114. The molecular formula is C19H27N3O4. The number of likely N-dealkylation sites (tertiary alicyclic amines) is 1. The van der Waals surface area contributed by atoms with Crippen molar-refractivity contribution in [2.75, 3.05) is 26.8 Å². The molecular weight excluding hydrogens is 334 g/mol. The molecule has 1 aromatic rings. The van der Waals surface area contributed by atoms with E-state index in [1.807, 2.05) is 30.3 Å². The van der Waals surface area contributed by atoms with Gasteiger partial charge in [0.15, 0.2) is 0 Å². The number of methoxy groups -OCH3 is 1. The van der Waals surface area contributed by atoms with E-state index in [4.69, 9.17) is 4.74 Å². The number of hydrogen-bond donors (Lipinski definition) is 3. The van der Waals surface area contributed by atoms with Gasteiger partial charge in [0, 0.05) is 20.2 Å². The molecule has 26 heavy (non-hydrogen) atoms. The molecule has 0 bridgehead atoms. The lowest BCUT2D eigenvalue weighted by Gasteiger charge is -2.49. The Hall–Kier alpha value is -2.38. The van der Waals surface area contributed by atoms with E-state index in [9.17, 15) is 14.7 Å². The second-order valence-electron chi connectivity index (χ2n) is 6.61. The fourth-order valence-electron chi connectivity index (χ4n) is 3.25. The number of piperidine rings is 1. The van der Waals surface area contributed by atoms with Gasteiger partial charge < -0.3 is 25.4 Å². The van der Waals surface area contributed by atoms with Crippen LogP contribution in [-0.2, 0) is 9.53 Å². The molecule has 2 rings (SSSR count). The van der Waals surface area contributed by atoms with E-state index in [1.165, 1.54) is 7.11 Å². The van der Waals surface area contributed by atoms with Gasteiger partial charge in [-0.3, -0.25) is 4.79 Å². The summed E-state index contributed by atoms with van der Waals surface area (Å²) < 4.78 is 4.88. The van der Waals surface area contributed by atoms with Gasteiger partial charge in [-0.05, 0) is 18.9 Å². The molecule has 0 spiro atoms. The first kappa shape index (κ1) is 19.9. The number of aliphatic hydroxyl groups is 1. The molecule has 1 saturated heterocycles. The Morgan fingerprint density at radius 2 is 2.12 bits per heavy atom. The molecule has 3 amide bonds.